The van der Waals surface area contributed by atoms with Crippen LogP contribution >= 0.6 is 0 Å². The van der Waals surface area contributed by atoms with Crippen molar-refractivity contribution < 1.29 is 34.4 Å². The Bertz CT molecular complexity index is 974. The zero-order valence-corrected chi connectivity index (χ0v) is 22.2. The summed E-state index contributed by atoms with van der Waals surface area (Å²) in [5.41, 5.74) is -0.567. The number of benzene rings is 1. The van der Waals surface area contributed by atoms with Gasteiger partial charge in [0.05, 0.1) is 32.5 Å². The first kappa shape index (κ1) is 27.7. The Morgan fingerprint density at radius 3 is 2.65 bits per heavy atom. The van der Waals surface area contributed by atoms with Crippen molar-refractivity contribution in [1.29, 1.82) is 0 Å². The molecule has 1 unspecified atom stereocenters. The number of nitrogens with zero attached hydrogens (tertiary/aromatic N) is 1. The molecule has 1 aliphatic heterocycles. The van der Waals surface area contributed by atoms with E-state index in [0.29, 0.717) is 43.7 Å². The number of nitrogens with one attached hydrogen (secondary N) is 1. The van der Waals surface area contributed by atoms with E-state index < -0.39 is 29.1 Å². The first-order valence-electron chi connectivity index (χ1n) is 13.5. The van der Waals surface area contributed by atoms with Crippen molar-refractivity contribution in [3.8, 4) is 5.75 Å². The maximum absolute atomic E-state index is 13.3. The van der Waals surface area contributed by atoms with Crippen LogP contribution in [0.25, 0.3) is 0 Å². The summed E-state index contributed by atoms with van der Waals surface area (Å²) in [6.07, 6.45) is 2.58. The van der Waals surface area contributed by atoms with Crippen LogP contribution < -0.4 is 10.1 Å². The number of hydrogen-bond acceptors (Lipinski definition) is 7. The lowest BCUT2D eigenvalue weighted by Gasteiger charge is -2.60. The highest BCUT2D eigenvalue weighted by Gasteiger charge is 2.60. The number of rotatable bonds is 7. The van der Waals surface area contributed by atoms with Crippen molar-refractivity contribution >= 4 is 17.7 Å². The van der Waals surface area contributed by atoms with Gasteiger partial charge in [0, 0.05) is 30.1 Å². The van der Waals surface area contributed by atoms with Gasteiger partial charge in [-0.15, -0.1) is 0 Å². The topological polar surface area (TPSA) is 129 Å². The van der Waals surface area contributed by atoms with Crippen molar-refractivity contribution in [2.45, 2.75) is 77.0 Å². The molecule has 2 saturated carbocycles. The van der Waals surface area contributed by atoms with E-state index >= 15 is 0 Å². The molecule has 0 bridgehead atoms. The lowest BCUT2D eigenvalue weighted by molar-refractivity contribution is -0.186. The van der Waals surface area contributed by atoms with Crippen LogP contribution in [-0.4, -0.2) is 77.3 Å². The number of carbonyl (C=O) groups is 2. The molecule has 37 heavy (non-hydrogen) atoms. The Kier molecular flexibility index (Phi) is 8.35. The minimum absolute atomic E-state index is 0.0239. The average Bonchev–Trinajstić information content (AvgIpc) is 3.37. The molecule has 4 rings (SSSR count). The quantitative estimate of drug-likeness (QED) is 0.436. The minimum Gasteiger partial charge on any atom is -0.497 e. The van der Waals surface area contributed by atoms with Gasteiger partial charge >= 0.3 is 6.09 Å². The molecule has 0 radical (unpaired) electrons. The Morgan fingerprint density at radius 1 is 1.16 bits per heavy atom. The zero-order valence-electron chi connectivity index (χ0n) is 22.2. The zero-order chi connectivity index (χ0) is 26.8. The summed E-state index contributed by atoms with van der Waals surface area (Å²) in [5, 5.41) is 34.1. The summed E-state index contributed by atoms with van der Waals surface area (Å²) in [4.78, 5) is 27.9. The predicted molar refractivity (Wildman–Crippen MR) is 138 cm³/mol. The number of anilines is 1. The van der Waals surface area contributed by atoms with Crippen molar-refractivity contribution in [2.75, 3.05) is 32.2 Å². The molecule has 1 heterocycles. The van der Waals surface area contributed by atoms with Gasteiger partial charge in [-0.25, -0.2) is 4.79 Å². The van der Waals surface area contributed by atoms with Crippen LogP contribution in [0.3, 0.4) is 0 Å². The smallest absolute Gasteiger partial charge is 0.411 e. The maximum Gasteiger partial charge on any atom is 0.411 e. The highest BCUT2D eigenvalue weighted by molar-refractivity contribution is 5.85. The van der Waals surface area contributed by atoms with E-state index in [-0.39, 0.29) is 43.4 Å². The third-order valence-electron chi connectivity index (χ3n) is 9.54. The normalized spacial score (nSPS) is 35.5. The second-order valence-electron chi connectivity index (χ2n) is 11.5. The van der Waals surface area contributed by atoms with Crippen molar-refractivity contribution in [3.63, 3.8) is 0 Å². The number of ether oxygens (including phenoxy) is 2. The number of aliphatic hydroxyl groups is 3. The predicted octanol–water partition coefficient (Wildman–Crippen LogP) is 3.17. The summed E-state index contributed by atoms with van der Waals surface area (Å²) in [5.74, 6) is 0.286. The highest BCUT2D eigenvalue weighted by Crippen LogP contribution is 2.61. The highest BCUT2D eigenvalue weighted by atomic mass is 16.6. The van der Waals surface area contributed by atoms with Gasteiger partial charge in [-0.2, -0.15) is 0 Å². The molecule has 3 fully saturated rings. The monoisotopic (exact) mass is 518 g/mol. The molecule has 1 saturated heterocycles. The van der Waals surface area contributed by atoms with Gasteiger partial charge in [0.2, 0.25) is 5.91 Å². The number of amides is 2. The molecular formula is C28H42N2O7. The van der Waals surface area contributed by atoms with E-state index in [1.165, 1.54) is 0 Å². The molecule has 4 N–H and O–H groups in total. The number of aliphatic hydroxyl groups excluding tert-OH is 3. The summed E-state index contributed by atoms with van der Waals surface area (Å²) in [6.45, 7) is 4.50. The molecule has 1 aromatic rings. The molecule has 2 amide bonds. The first-order valence-corrected chi connectivity index (χ1v) is 13.5. The molecule has 0 spiro atoms. The van der Waals surface area contributed by atoms with E-state index in [9.17, 15) is 24.9 Å². The molecule has 2 aliphatic carbocycles. The third kappa shape index (κ3) is 5.31. The number of carbonyl (C=O) groups excluding carboxylic acids is 2. The van der Waals surface area contributed by atoms with Gasteiger partial charge in [-0.3, -0.25) is 10.1 Å². The van der Waals surface area contributed by atoms with Gasteiger partial charge in [0.1, 0.15) is 11.9 Å². The molecule has 0 aromatic heterocycles. The Hall–Kier alpha value is -2.36. The van der Waals surface area contributed by atoms with Crippen LogP contribution in [0.5, 0.6) is 5.75 Å². The Balaban J connectivity index is 1.49. The minimum atomic E-state index is -0.721. The second kappa shape index (κ2) is 11.2. The molecule has 3 aliphatic rings. The van der Waals surface area contributed by atoms with E-state index in [1.54, 1.807) is 36.3 Å². The fourth-order valence-electron chi connectivity index (χ4n) is 7.42. The fourth-order valence-corrected chi connectivity index (χ4v) is 7.42. The molecular weight excluding hydrogens is 476 g/mol. The van der Waals surface area contributed by atoms with Crippen molar-refractivity contribution in [2.24, 2.45) is 22.7 Å². The molecule has 7 atom stereocenters. The molecule has 9 nitrogen and oxygen atoms in total. The van der Waals surface area contributed by atoms with Crippen LogP contribution in [0.2, 0.25) is 0 Å². The van der Waals surface area contributed by atoms with Crippen LogP contribution in [0, 0.1) is 22.7 Å². The van der Waals surface area contributed by atoms with Crippen LogP contribution in [0.4, 0.5) is 10.5 Å². The summed E-state index contributed by atoms with van der Waals surface area (Å²) in [6, 6.07) is 6.87. The Morgan fingerprint density at radius 2 is 1.95 bits per heavy atom. The van der Waals surface area contributed by atoms with E-state index in [1.807, 2.05) is 6.92 Å². The summed E-state index contributed by atoms with van der Waals surface area (Å²) >= 11 is 0. The SMILES string of the molecule is COc1cccc(NC(=O)O[C@@H]2CC[C@]3(C)C(CC[C@@H](O)[C@H]3CC(=O)N3CCC[C@H]3CO)[C@]2(C)CO)c1. The average molecular weight is 519 g/mol. The van der Waals surface area contributed by atoms with Gasteiger partial charge in [0.25, 0.3) is 0 Å². The lowest BCUT2D eigenvalue weighted by Crippen LogP contribution is -2.61. The van der Waals surface area contributed by atoms with Crippen LogP contribution in [0.1, 0.15) is 58.8 Å². The second-order valence-corrected chi connectivity index (χ2v) is 11.5. The molecule has 9 heteroatoms. The number of hydrogen-bond donors (Lipinski definition) is 4. The van der Waals surface area contributed by atoms with Gasteiger partial charge in [-0.05, 0) is 67.9 Å². The van der Waals surface area contributed by atoms with Crippen molar-refractivity contribution in [1.82, 2.24) is 4.90 Å². The first-order chi connectivity index (χ1) is 17.7. The van der Waals surface area contributed by atoms with E-state index in [2.05, 4.69) is 12.2 Å². The number of methoxy groups -OCH3 is 1. The van der Waals surface area contributed by atoms with E-state index in [0.717, 1.165) is 12.8 Å². The maximum atomic E-state index is 13.3. The van der Waals surface area contributed by atoms with Gasteiger partial charge < -0.3 is 29.7 Å². The number of likely N-dealkylation sites (tertiary alicyclic amines) is 1. The summed E-state index contributed by atoms with van der Waals surface area (Å²) in [7, 11) is 1.56. The Labute approximate surface area is 219 Å². The van der Waals surface area contributed by atoms with Gasteiger partial charge in [0.15, 0.2) is 0 Å². The summed E-state index contributed by atoms with van der Waals surface area (Å²) < 4.78 is 11.1. The van der Waals surface area contributed by atoms with Crippen molar-refractivity contribution in [3.05, 3.63) is 24.3 Å². The van der Waals surface area contributed by atoms with E-state index in [4.69, 9.17) is 9.47 Å². The largest absolute Gasteiger partial charge is 0.497 e. The number of fused-ring (bicyclic) bond motifs is 1. The lowest BCUT2D eigenvalue weighted by atomic mass is 9.46. The van der Waals surface area contributed by atoms with Gasteiger partial charge in [-0.1, -0.05) is 19.9 Å². The fraction of sp³-hybridized carbons (Fsp3) is 0.714. The van der Waals surface area contributed by atoms with Crippen LogP contribution in [-0.2, 0) is 9.53 Å². The molecule has 1 aromatic carbocycles. The standard InChI is InChI=1S/C28H42N2O7/c1-27-12-11-24(37-26(35)29-18-6-4-8-20(14-18)36-3)28(2,17-32)23(27)10-9-22(33)21(27)15-25(34)30-13-5-7-19(30)16-31/h4,6,8,14,19,21-24,31-33H,5,7,9-13,15-17H2,1-3H3,(H,29,35)/t19-,21+,22+,23?,24+,27-,28-/m0/s1. The molecule has 206 valence electrons. The third-order valence-corrected chi connectivity index (χ3v) is 9.54. The van der Waals surface area contributed by atoms with Crippen LogP contribution in [0.15, 0.2) is 24.3 Å².